The summed E-state index contributed by atoms with van der Waals surface area (Å²) < 4.78 is 10.8. The van der Waals surface area contributed by atoms with Crippen LogP contribution in [0.2, 0.25) is 0 Å². The van der Waals surface area contributed by atoms with Crippen LogP contribution in [0.25, 0.3) is 0 Å². The summed E-state index contributed by atoms with van der Waals surface area (Å²) in [6, 6.07) is 7.77. The second-order valence-electron chi connectivity index (χ2n) is 7.67. The van der Waals surface area contributed by atoms with Crippen molar-refractivity contribution >= 4 is 17.3 Å². The Kier molecular flexibility index (Phi) is 5.22. The van der Waals surface area contributed by atoms with Crippen LogP contribution in [0, 0.1) is 13.8 Å². The largest absolute Gasteiger partial charge is 0.427 e. The van der Waals surface area contributed by atoms with Gasteiger partial charge in [-0.15, -0.1) is 0 Å². The molecule has 0 spiro atoms. The van der Waals surface area contributed by atoms with Gasteiger partial charge in [0.05, 0.1) is 13.2 Å². The summed E-state index contributed by atoms with van der Waals surface area (Å²) in [5.41, 5.74) is 2.95. The molecular weight excluding hydrogens is 356 g/mol. The second-order valence-corrected chi connectivity index (χ2v) is 7.67. The van der Waals surface area contributed by atoms with Crippen molar-refractivity contribution in [3.8, 4) is 0 Å². The molecule has 2 fully saturated rings. The van der Waals surface area contributed by atoms with Crippen LogP contribution in [0.4, 0.5) is 11.4 Å². The van der Waals surface area contributed by atoms with Gasteiger partial charge in [-0.1, -0.05) is 6.42 Å². The number of morpholine rings is 1. The maximum Gasteiger partial charge on any atom is 0.349 e. The van der Waals surface area contributed by atoms with Gasteiger partial charge in [-0.3, -0.25) is 4.79 Å². The van der Waals surface area contributed by atoms with Crippen LogP contribution >= 0.6 is 0 Å². The minimum absolute atomic E-state index is 0.0831. The molecule has 1 aliphatic carbocycles. The topological polar surface area (TPSA) is 71.8 Å². The molecule has 6 nitrogen and oxygen atoms in total. The van der Waals surface area contributed by atoms with Gasteiger partial charge in [0.2, 0.25) is 0 Å². The van der Waals surface area contributed by atoms with Gasteiger partial charge < -0.3 is 19.4 Å². The van der Waals surface area contributed by atoms with Crippen LogP contribution in [-0.4, -0.2) is 32.2 Å². The molecule has 2 heterocycles. The summed E-state index contributed by atoms with van der Waals surface area (Å²) in [5.74, 6) is 0.600. The molecule has 1 aromatic carbocycles. The number of ether oxygens (including phenoxy) is 1. The third-order valence-corrected chi connectivity index (χ3v) is 5.74. The maximum absolute atomic E-state index is 12.8. The summed E-state index contributed by atoms with van der Waals surface area (Å²) in [5, 5.41) is 2.87. The lowest BCUT2D eigenvalue weighted by molar-refractivity contribution is 0.102. The smallest absolute Gasteiger partial charge is 0.349 e. The standard InChI is InChI=1S/C22H26N2O4/c1-14-12-17(24-8-10-27-11-9-24)6-7-18(14)23-21(25)20-15(2)13-19(28-22(20)26)16-4-3-5-16/h6-7,12-13,16H,3-5,8-11H2,1-2H3,(H,23,25). The fourth-order valence-electron chi connectivity index (χ4n) is 3.79. The van der Waals surface area contributed by atoms with E-state index >= 15 is 0 Å². The van der Waals surface area contributed by atoms with Crippen molar-refractivity contribution in [3.63, 3.8) is 0 Å². The molecule has 28 heavy (non-hydrogen) atoms. The highest BCUT2D eigenvalue weighted by Gasteiger charge is 2.25. The highest BCUT2D eigenvalue weighted by Crippen LogP contribution is 2.36. The third-order valence-electron chi connectivity index (χ3n) is 5.74. The van der Waals surface area contributed by atoms with E-state index in [1.807, 2.05) is 25.1 Å². The molecular formula is C22H26N2O4. The zero-order valence-corrected chi connectivity index (χ0v) is 16.4. The van der Waals surface area contributed by atoms with Crippen LogP contribution in [0.15, 0.2) is 33.5 Å². The van der Waals surface area contributed by atoms with Gasteiger partial charge in [0.25, 0.3) is 5.91 Å². The summed E-state index contributed by atoms with van der Waals surface area (Å²) in [6.45, 7) is 6.92. The summed E-state index contributed by atoms with van der Waals surface area (Å²) >= 11 is 0. The van der Waals surface area contributed by atoms with E-state index < -0.39 is 11.5 Å². The predicted octanol–water partition coefficient (Wildman–Crippen LogP) is 3.61. The Balaban J connectivity index is 1.52. The van der Waals surface area contributed by atoms with Gasteiger partial charge in [-0.2, -0.15) is 0 Å². The number of carbonyl (C=O) groups excluding carboxylic acids is 1. The Bertz CT molecular complexity index is 940. The molecule has 1 N–H and O–H groups in total. The maximum atomic E-state index is 12.8. The monoisotopic (exact) mass is 382 g/mol. The molecule has 1 aromatic heterocycles. The molecule has 2 aromatic rings. The molecule has 0 bridgehead atoms. The van der Waals surface area contributed by atoms with Crippen molar-refractivity contribution in [1.82, 2.24) is 0 Å². The Hall–Kier alpha value is -2.60. The highest BCUT2D eigenvalue weighted by molar-refractivity contribution is 6.05. The van der Waals surface area contributed by atoms with E-state index in [0.717, 1.165) is 56.8 Å². The molecule has 2 aliphatic rings. The van der Waals surface area contributed by atoms with E-state index in [1.165, 1.54) is 0 Å². The van der Waals surface area contributed by atoms with Crippen LogP contribution in [0.1, 0.15) is 52.4 Å². The average Bonchev–Trinajstić information content (AvgIpc) is 2.62. The molecule has 4 rings (SSSR count). The van der Waals surface area contributed by atoms with E-state index in [1.54, 1.807) is 6.92 Å². The number of benzene rings is 1. The Labute approximate surface area is 164 Å². The predicted molar refractivity (Wildman–Crippen MR) is 108 cm³/mol. The highest BCUT2D eigenvalue weighted by atomic mass is 16.5. The van der Waals surface area contributed by atoms with Crippen LogP contribution in [0.3, 0.4) is 0 Å². The van der Waals surface area contributed by atoms with Gasteiger partial charge in [-0.25, -0.2) is 4.79 Å². The van der Waals surface area contributed by atoms with Crippen LogP contribution in [-0.2, 0) is 4.74 Å². The first-order chi connectivity index (χ1) is 13.5. The summed E-state index contributed by atoms with van der Waals surface area (Å²) in [6.07, 6.45) is 3.25. The molecule has 1 amide bonds. The molecule has 6 heteroatoms. The Morgan fingerprint density at radius 1 is 1.11 bits per heavy atom. The first-order valence-electron chi connectivity index (χ1n) is 9.92. The van der Waals surface area contributed by atoms with Crippen LogP contribution < -0.4 is 15.8 Å². The number of hydrogen-bond donors (Lipinski definition) is 1. The minimum Gasteiger partial charge on any atom is -0.427 e. The van der Waals surface area contributed by atoms with E-state index in [2.05, 4.69) is 16.3 Å². The molecule has 1 saturated carbocycles. The first kappa shape index (κ1) is 18.7. The van der Waals surface area contributed by atoms with Gasteiger partial charge in [0.1, 0.15) is 11.3 Å². The van der Waals surface area contributed by atoms with Crippen LogP contribution in [0.5, 0.6) is 0 Å². The number of amides is 1. The van der Waals surface area contributed by atoms with E-state index in [9.17, 15) is 9.59 Å². The van der Waals surface area contributed by atoms with Crippen molar-refractivity contribution in [3.05, 3.63) is 57.1 Å². The number of hydrogen-bond acceptors (Lipinski definition) is 5. The molecule has 0 radical (unpaired) electrons. The number of nitrogens with one attached hydrogen (secondary N) is 1. The van der Waals surface area contributed by atoms with E-state index in [-0.39, 0.29) is 5.56 Å². The van der Waals surface area contributed by atoms with Crippen molar-refractivity contribution in [2.45, 2.75) is 39.0 Å². The van der Waals surface area contributed by atoms with Gasteiger partial charge in [0.15, 0.2) is 0 Å². The number of carbonyl (C=O) groups is 1. The van der Waals surface area contributed by atoms with E-state index in [0.29, 0.717) is 22.9 Å². The van der Waals surface area contributed by atoms with Crippen molar-refractivity contribution < 1.29 is 13.9 Å². The van der Waals surface area contributed by atoms with Gasteiger partial charge in [0, 0.05) is 30.4 Å². The normalized spacial score (nSPS) is 17.3. The first-order valence-corrected chi connectivity index (χ1v) is 9.92. The lowest BCUT2D eigenvalue weighted by Gasteiger charge is -2.29. The zero-order valence-electron chi connectivity index (χ0n) is 16.4. The number of rotatable bonds is 4. The lowest BCUT2D eigenvalue weighted by Crippen LogP contribution is -2.36. The van der Waals surface area contributed by atoms with Crippen molar-refractivity contribution in [1.29, 1.82) is 0 Å². The zero-order chi connectivity index (χ0) is 19.7. The quantitative estimate of drug-likeness (QED) is 0.875. The van der Waals surface area contributed by atoms with E-state index in [4.69, 9.17) is 9.15 Å². The second kappa shape index (κ2) is 7.80. The summed E-state index contributed by atoms with van der Waals surface area (Å²) in [7, 11) is 0. The van der Waals surface area contributed by atoms with Gasteiger partial charge in [-0.05, 0) is 62.1 Å². The number of anilines is 2. The van der Waals surface area contributed by atoms with Crippen molar-refractivity contribution in [2.24, 2.45) is 0 Å². The average molecular weight is 382 g/mol. The third kappa shape index (κ3) is 3.69. The Morgan fingerprint density at radius 3 is 2.46 bits per heavy atom. The molecule has 0 unspecified atom stereocenters. The minimum atomic E-state index is -0.554. The Morgan fingerprint density at radius 2 is 1.86 bits per heavy atom. The molecule has 1 saturated heterocycles. The fraction of sp³-hybridized carbons (Fsp3) is 0.455. The molecule has 0 atom stereocenters. The number of aryl methyl sites for hydroxylation is 2. The summed E-state index contributed by atoms with van der Waals surface area (Å²) in [4.78, 5) is 27.5. The lowest BCUT2D eigenvalue weighted by atomic mass is 9.83. The van der Waals surface area contributed by atoms with Gasteiger partial charge >= 0.3 is 5.63 Å². The fourth-order valence-corrected chi connectivity index (χ4v) is 3.79. The molecule has 1 aliphatic heterocycles. The number of nitrogens with zero attached hydrogens (tertiary/aromatic N) is 1. The molecule has 148 valence electrons. The van der Waals surface area contributed by atoms with Crippen molar-refractivity contribution in [2.75, 3.05) is 36.5 Å². The SMILES string of the molecule is Cc1cc(N2CCOCC2)ccc1NC(=O)c1c(C)cc(C2CCC2)oc1=O.